The van der Waals surface area contributed by atoms with E-state index in [1.807, 2.05) is 18.2 Å². The predicted octanol–water partition coefficient (Wildman–Crippen LogP) is 3.49. The minimum absolute atomic E-state index is 0.0508. The Labute approximate surface area is 128 Å². The van der Waals surface area contributed by atoms with E-state index in [0.29, 0.717) is 12.5 Å². The van der Waals surface area contributed by atoms with Crippen molar-refractivity contribution in [2.75, 3.05) is 13.2 Å². The van der Waals surface area contributed by atoms with Gasteiger partial charge in [0.25, 0.3) is 0 Å². The Bertz CT molecular complexity index is 435. The largest absolute Gasteiger partial charge is 0.396 e. The van der Waals surface area contributed by atoms with Gasteiger partial charge in [-0.15, -0.1) is 0 Å². The Morgan fingerprint density at radius 3 is 2.43 bits per heavy atom. The number of carbonyl (C=O) groups excluding carboxylic acids is 1. The van der Waals surface area contributed by atoms with E-state index in [1.165, 1.54) is 5.56 Å². The summed E-state index contributed by atoms with van der Waals surface area (Å²) in [6.45, 7) is 5.28. The smallest absolute Gasteiger partial charge is 0.243 e. The first-order chi connectivity index (χ1) is 10.1. The lowest BCUT2D eigenvalue weighted by molar-refractivity contribution is -0.116. The van der Waals surface area contributed by atoms with Crippen molar-refractivity contribution in [2.24, 2.45) is 0 Å². The van der Waals surface area contributed by atoms with Crippen LogP contribution >= 0.6 is 0 Å². The van der Waals surface area contributed by atoms with Gasteiger partial charge in [-0.1, -0.05) is 51.0 Å². The van der Waals surface area contributed by atoms with Crippen LogP contribution in [0.5, 0.6) is 0 Å². The molecule has 0 spiro atoms. The molecule has 0 saturated carbocycles. The van der Waals surface area contributed by atoms with E-state index in [2.05, 4.69) is 31.3 Å². The van der Waals surface area contributed by atoms with Crippen LogP contribution in [0, 0.1) is 0 Å². The normalized spacial score (nSPS) is 11.2. The highest BCUT2D eigenvalue weighted by atomic mass is 16.2. The molecule has 1 aromatic rings. The fourth-order valence-corrected chi connectivity index (χ4v) is 2.02. The van der Waals surface area contributed by atoms with Crippen molar-refractivity contribution >= 4 is 12.0 Å². The van der Waals surface area contributed by atoms with Crippen molar-refractivity contribution in [3.05, 3.63) is 41.5 Å². The van der Waals surface area contributed by atoms with E-state index in [-0.39, 0.29) is 12.5 Å². The second-order valence-electron chi connectivity index (χ2n) is 5.58. The molecule has 0 saturated heterocycles. The van der Waals surface area contributed by atoms with Gasteiger partial charge in [0.15, 0.2) is 0 Å². The Hall–Kier alpha value is -1.61. The van der Waals surface area contributed by atoms with Gasteiger partial charge in [-0.25, -0.2) is 0 Å². The van der Waals surface area contributed by atoms with Crippen LogP contribution in [0.15, 0.2) is 30.3 Å². The van der Waals surface area contributed by atoms with E-state index < -0.39 is 0 Å². The highest BCUT2D eigenvalue weighted by Crippen LogP contribution is 2.15. The van der Waals surface area contributed by atoms with E-state index >= 15 is 0 Å². The number of rotatable bonds is 9. The third-order valence-electron chi connectivity index (χ3n) is 3.41. The van der Waals surface area contributed by atoms with Crippen LogP contribution < -0.4 is 5.32 Å². The third-order valence-corrected chi connectivity index (χ3v) is 3.41. The van der Waals surface area contributed by atoms with Gasteiger partial charge in [0.05, 0.1) is 0 Å². The zero-order valence-corrected chi connectivity index (χ0v) is 13.1. The maximum Gasteiger partial charge on any atom is 0.243 e. The molecule has 0 heterocycles. The molecule has 0 aliphatic heterocycles. The topological polar surface area (TPSA) is 49.3 Å². The minimum atomic E-state index is -0.0508. The molecule has 0 aliphatic carbocycles. The second-order valence-corrected chi connectivity index (χ2v) is 5.58. The lowest BCUT2D eigenvalue weighted by Crippen LogP contribution is -2.21. The summed E-state index contributed by atoms with van der Waals surface area (Å²) in [7, 11) is 0. The molecule has 0 fully saturated rings. The molecule has 116 valence electrons. The van der Waals surface area contributed by atoms with Gasteiger partial charge in [0.1, 0.15) is 0 Å². The van der Waals surface area contributed by atoms with E-state index in [4.69, 9.17) is 5.11 Å². The van der Waals surface area contributed by atoms with Gasteiger partial charge in [0.2, 0.25) is 5.91 Å². The summed E-state index contributed by atoms with van der Waals surface area (Å²) >= 11 is 0. The summed E-state index contributed by atoms with van der Waals surface area (Å²) in [5.41, 5.74) is 2.34. The lowest BCUT2D eigenvalue weighted by Gasteiger charge is -2.04. The summed E-state index contributed by atoms with van der Waals surface area (Å²) in [5, 5.41) is 11.5. The summed E-state index contributed by atoms with van der Waals surface area (Å²) in [4.78, 5) is 11.6. The van der Waals surface area contributed by atoms with Crippen molar-refractivity contribution in [3.8, 4) is 0 Å². The summed E-state index contributed by atoms with van der Waals surface area (Å²) in [6, 6.07) is 8.27. The van der Waals surface area contributed by atoms with Crippen LogP contribution in [0.4, 0.5) is 0 Å². The molecule has 1 rings (SSSR count). The lowest BCUT2D eigenvalue weighted by atomic mass is 10.0. The van der Waals surface area contributed by atoms with Gasteiger partial charge >= 0.3 is 0 Å². The molecule has 21 heavy (non-hydrogen) atoms. The molecule has 0 unspecified atom stereocenters. The van der Waals surface area contributed by atoms with Crippen LogP contribution in [0.25, 0.3) is 6.08 Å². The number of aliphatic hydroxyl groups excluding tert-OH is 1. The Kier molecular flexibility index (Phi) is 8.44. The molecular weight excluding hydrogens is 262 g/mol. The van der Waals surface area contributed by atoms with Crippen LogP contribution in [0.2, 0.25) is 0 Å². The van der Waals surface area contributed by atoms with Gasteiger partial charge in [-0.05, 0) is 36.0 Å². The molecule has 1 amide bonds. The monoisotopic (exact) mass is 289 g/mol. The summed E-state index contributed by atoms with van der Waals surface area (Å²) < 4.78 is 0. The zero-order chi connectivity index (χ0) is 15.5. The summed E-state index contributed by atoms with van der Waals surface area (Å²) in [5.74, 6) is 0.474. The molecule has 0 radical (unpaired) electrons. The van der Waals surface area contributed by atoms with Crippen molar-refractivity contribution < 1.29 is 9.90 Å². The van der Waals surface area contributed by atoms with E-state index in [1.54, 1.807) is 6.08 Å². The van der Waals surface area contributed by atoms with Crippen LogP contribution in [-0.4, -0.2) is 24.2 Å². The van der Waals surface area contributed by atoms with Crippen LogP contribution in [-0.2, 0) is 4.79 Å². The van der Waals surface area contributed by atoms with Gasteiger partial charge in [-0.3, -0.25) is 4.79 Å². The minimum Gasteiger partial charge on any atom is -0.396 e. The number of amides is 1. The standard InChI is InChI=1S/C18H27NO2/c1-15(2)17-10-7-16(8-11-17)9-12-18(21)19-13-5-3-4-6-14-20/h7-12,15,20H,3-6,13-14H2,1-2H3,(H,19,21)/b12-9+. The van der Waals surface area contributed by atoms with Gasteiger partial charge in [-0.2, -0.15) is 0 Å². The molecule has 0 bridgehead atoms. The number of carbonyl (C=O) groups is 1. The average Bonchev–Trinajstić information content (AvgIpc) is 2.49. The number of benzene rings is 1. The van der Waals surface area contributed by atoms with E-state index in [0.717, 1.165) is 31.2 Å². The quantitative estimate of drug-likeness (QED) is 0.540. The molecule has 2 N–H and O–H groups in total. The molecule has 0 aromatic heterocycles. The second kappa shape index (κ2) is 10.2. The van der Waals surface area contributed by atoms with Crippen molar-refractivity contribution in [3.63, 3.8) is 0 Å². The third kappa shape index (κ3) is 7.66. The molecule has 3 nitrogen and oxygen atoms in total. The number of unbranched alkanes of at least 4 members (excludes halogenated alkanes) is 3. The predicted molar refractivity (Wildman–Crippen MR) is 88.1 cm³/mol. The fraction of sp³-hybridized carbons (Fsp3) is 0.500. The SMILES string of the molecule is CC(C)c1ccc(/C=C/C(=O)NCCCCCCO)cc1. The summed E-state index contributed by atoms with van der Waals surface area (Å²) in [6.07, 6.45) is 7.29. The van der Waals surface area contributed by atoms with Gasteiger partial charge < -0.3 is 10.4 Å². The van der Waals surface area contributed by atoms with E-state index in [9.17, 15) is 4.79 Å². The highest BCUT2D eigenvalue weighted by Gasteiger charge is 1.98. The Balaban J connectivity index is 2.27. The van der Waals surface area contributed by atoms with Crippen molar-refractivity contribution in [2.45, 2.75) is 45.4 Å². The van der Waals surface area contributed by atoms with Crippen molar-refractivity contribution in [1.29, 1.82) is 0 Å². The average molecular weight is 289 g/mol. The first-order valence-corrected chi connectivity index (χ1v) is 7.80. The van der Waals surface area contributed by atoms with Crippen LogP contribution in [0.1, 0.15) is 56.6 Å². The number of hydrogen-bond donors (Lipinski definition) is 2. The Morgan fingerprint density at radius 1 is 1.14 bits per heavy atom. The molecule has 0 atom stereocenters. The van der Waals surface area contributed by atoms with Crippen molar-refractivity contribution in [1.82, 2.24) is 5.32 Å². The highest BCUT2D eigenvalue weighted by molar-refractivity contribution is 5.91. The first kappa shape index (κ1) is 17.4. The molecular formula is C18H27NO2. The number of nitrogens with one attached hydrogen (secondary N) is 1. The van der Waals surface area contributed by atoms with Crippen LogP contribution in [0.3, 0.4) is 0 Å². The maximum absolute atomic E-state index is 11.6. The molecule has 3 heteroatoms. The number of aliphatic hydroxyl groups is 1. The molecule has 0 aliphatic rings. The zero-order valence-electron chi connectivity index (χ0n) is 13.1. The number of hydrogen-bond acceptors (Lipinski definition) is 2. The molecule has 1 aromatic carbocycles. The fourth-order valence-electron chi connectivity index (χ4n) is 2.02. The Morgan fingerprint density at radius 2 is 1.81 bits per heavy atom. The maximum atomic E-state index is 11.6. The first-order valence-electron chi connectivity index (χ1n) is 7.80. The van der Waals surface area contributed by atoms with Gasteiger partial charge in [0, 0.05) is 19.2 Å².